The van der Waals surface area contributed by atoms with Gasteiger partial charge in [-0.15, -0.1) is 0 Å². The van der Waals surface area contributed by atoms with Gasteiger partial charge in [0.05, 0.1) is 6.04 Å². The van der Waals surface area contributed by atoms with E-state index in [-0.39, 0.29) is 5.78 Å². The van der Waals surface area contributed by atoms with E-state index in [1.807, 2.05) is 6.07 Å². The van der Waals surface area contributed by atoms with Gasteiger partial charge < -0.3 is 5.32 Å². The molecule has 4 rings (SSSR count). The quantitative estimate of drug-likeness (QED) is 0.562. The number of hydrogen-bond acceptors (Lipinski definition) is 2. The first-order valence-corrected chi connectivity index (χ1v) is 8.76. The summed E-state index contributed by atoms with van der Waals surface area (Å²) in [5.74, 6) is 1.01. The predicted molar refractivity (Wildman–Crippen MR) is 96.9 cm³/mol. The van der Waals surface area contributed by atoms with E-state index in [4.69, 9.17) is 0 Å². The highest BCUT2D eigenvalue weighted by atomic mass is 79.9. The van der Waals surface area contributed by atoms with Gasteiger partial charge in [-0.3, -0.25) is 4.79 Å². The van der Waals surface area contributed by atoms with Gasteiger partial charge in [-0.2, -0.15) is 0 Å². The largest absolute Gasteiger partial charge is 0.378 e. The Morgan fingerprint density at radius 3 is 2.87 bits per heavy atom. The molecule has 1 aliphatic heterocycles. The van der Waals surface area contributed by atoms with Crippen molar-refractivity contribution in [2.75, 3.05) is 5.32 Å². The molecular weight excluding hydrogens is 350 g/mol. The van der Waals surface area contributed by atoms with Crippen molar-refractivity contribution in [1.29, 1.82) is 0 Å². The van der Waals surface area contributed by atoms with Crippen molar-refractivity contribution in [3.05, 3.63) is 75.8 Å². The fourth-order valence-corrected chi connectivity index (χ4v) is 4.26. The van der Waals surface area contributed by atoms with Crippen molar-refractivity contribution in [1.82, 2.24) is 0 Å². The van der Waals surface area contributed by atoms with Gasteiger partial charge in [0.25, 0.3) is 0 Å². The minimum Gasteiger partial charge on any atom is -0.378 e. The summed E-state index contributed by atoms with van der Waals surface area (Å²) >= 11 is 3.58. The van der Waals surface area contributed by atoms with Gasteiger partial charge in [0.1, 0.15) is 0 Å². The Balaban J connectivity index is 1.79. The van der Waals surface area contributed by atoms with Crippen LogP contribution in [0.1, 0.15) is 46.8 Å². The number of allylic oxidation sites excluding steroid dienone is 2. The maximum atomic E-state index is 11.7. The molecule has 0 amide bonds. The Hall–Kier alpha value is -1.87. The maximum Gasteiger partial charge on any atom is 0.159 e. The summed E-state index contributed by atoms with van der Waals surface area (Å²) in [4.78, 5) is 11.7. The molecule has 0 aromatic heterocycles. The van der Waals surface area contributed by atoms with Crippen LogP contribution in [0.2, 0.25) is 0 Å². The predicted octanol–water partition coefficient (Wildman–Crippen LogP) is 5.48. The number of Topliss-reactive ketones (excluding diaryl/α,β-unsaturated/α-hetero) is 1. The van der Waals surface area contributed by atoms with Crippen molar-refractivity contribution in [3.63, 3.8) is 0 Å². The van der Waals surface area contributed by atoms with Gasteiger partial charge in [0, 0.05) is 21.6 Å². The fraction of sp³-hybridized carbons (Fsp3) is 0.250. The lowest BCUT2D eigenvalue weighted by atomic mass is 9.76. The summed E-state index contributed by atoms with van der Waals surface area (Å²) in [5.41, 5.74) is 4.50. The van der Waals surface area contributed by atoms with Crippen molar-refractivity contribution in [3.8, 4) is 0 Å². The number of carbonyl (C=O) groups is 1. The third-order valence-corrected chi connectivity index (χ3v) is 5.47. The number of halogens is 1. The van der Waals surface area contributed by atoms with E-state index >= 15 is 0 Å². The van der Waals surface area contributed by atoms with E-state index < -0.39 is 0 Å². The molecule has 2 aromatic rings. The maximum absolute atomic E-state index is 11.7. The Labute approximate surface area is 144 Å². The van der Waals surface area contributed by atoms with Gasteiger partial charge in [-0.1, -0.05) is 40.2 Å². The Morgan fingerprint density at radius 1 is 1.22 bits per heavy atom. The topological polar surface area (TPSA) is 29.1 Å². The summed E-state index contributed by atoms with van der Waals surface area (Å²) in [6, 6.07) is 14.9. The summed E-state index contributed by atoms with van der Waals surface area (Å²) in [6.45, 7) is 1.63. The first kappa shape index (κ1) is 14.7. The van der Waals surface area contributed by atoms with Crippen molar-refractivity contribution >= 4 is 27.4 Å². The van der Waals surface area contributed by atoms with Gasteiger partial charge in [-0.25, -0.2) is 0 Å². The molecule has 0 saturated carbocycles. The zero-order chi connectivity index (χ0) is 16.0. The van der Waals surface area contributed by atoms with Crippen molar-refractivity contribution in [2.24, 2.45) is 5.92 Å². The van der Waals surface area contributed by atoms with E-state index in [0.29, 0.717) is 17.9 Å². The van der Waals surface area contributed by atoms with Crippen molar-refractivity contribution < 1.29 is 4.79 Å². The molecule has 116 valence electrons. The van der Waals surface area contributed by atoms with E-state index in [9.17, 15) is 4.79 Å². The zero-order valence-corrected chi connectivity index (χ0v) is 14.5. The molecule has 0 radical (unpaired) electrons. The number of anilines is 1. The molecule has 2 aliphatic rings. The van der Waals surface area contributed by atoms with Crippen LogP contribution >= 0.6 is 15.9 Å². The minimum atomic E-state index is 0.125. The first-order valence-electron chi connectivity index (χ1n) is 7.97. The van der Waals surface area contributed by atoms with Crippen LogP contribution in [0.25, 0.3) is 0 Å². The summed E-state index contributed by atoms with van der Waals surface area (Å²) in [6.07, 6.45) is 5.65. The van der Waals surface area contributed by atoms with Crippen molar-refractivity contribution in [2.45, 2.75) is 25.3 Å². The zero-order valence-electron chi connectivity index (χ0n) is 12.9. The molecule has 1 heterocycles. The second kappa shape index (κ2) is 5.64. The molecule has 3 atom stereocenters. The smallest absolute Gasteiger partial charge is 0.159 e. The monoisotopic (exact) mass is 367 g/mol. The molecule has 0 spiro atoms. The minimum absolute atomic E-state index is 0.125. The van der Waals surface area contributed by atoms with Gasteiger partial charge in [-0.05, 0) is 60.7 Å². The van der Waals surface area contributed by atoms with Crippen LogP contribution < -0.4 is 5.32 Å². The van der Waals surface area contributed by atoms with Gasteiger partial charge in [0.2, 0.25) is 0 Å². The molecular formula is C20H18BrNO. The average Bonchev–Trinajstić information content (AvgIpc) is 3.03. The Kier molecular flexibility index (Phi) is 3.61. The van der Waals surface area contributed by atoms with Gasteiger partial charge >= 0.3 is 0 Å². The number of carbonyl (C=O) groups excluding carboxylic acids is 1. The molecule has 3 heteroatoms. The molecule has 2 nitrogen and oxygen atoms in total. The third-order valence-electron chi connectivity index (χ3n) is 4.98. The molecule has 1 aliphatic carbocycles. The molecule has 0 saturated heterocycles. The molecule has 1 N–H and O–H groups in total. The number of nitrogens with one attached hydrogen (secondary N) is 1. The number of rotatable bonds is 2. The first-order chi connectivity index (χ1) is 11.1. The van der Waals surface area contributed by atoms with E-state index in [0.717, 1.165) is 22.1 Å². The lowest BCUT2D eigenvalue weighted by Gasteiger charge is -2.37. The SMILES string of the molecule is CC(=O)c1ccc2c(c1)[C@@H]1C=CC[C@H]1[C@H](c1cccc(Br)c1)N2. The number of hydrogen-bond donors (Lipinski definition) is 1. The van der Waals surface area contributed by atoms with Crippen LogP contribution in [0, 0.1) is 5.92 Å². The van der Waals surface area contributed by atoms with E-state index in [2.05, 4.69) is 69.8 Å². The number of benzene rings is 2. The van der Waals surface area contributed by atoms with Crippen LogP contribution in [-0.2, 0) is 0 Å². The van der Waals surface area contributed by atoms with Crippen LogP contribution in [0.4, 0.5) is 5.69 Å². The highest BCUT2D eigenvalue weighted by Crippen LogP contribution is 2.50. The number of ketones is 1. The van der Waals surface area contributed by atoms with Gasteiger partial charge in [0.15, 0.2) is 5.78 Å². The lowest BCUT2D eigenvalue weighted by Crippen LogP contribution is -2.29. The highest BCUT2D eigenvalue weighted by Gasteiger charge is 2.38. The molecule has 2 aromatic carbocycles. The third kappa shape index (κ3) is 2.53. The Morgan fingerprint density at radius 2 is 2.09 bits per heavy atom. The van der Waals surface area contributed by atoms with Crippen LogP contribution in [0.3, 0.4) is 0 Å². The Bertz CT molecular complexity index is 811. The van der Waals surface area contributed by atoms with E-state index in [1.54, 1.807) is 6.92 Å². The van der Waals surface area contributed by atoms with Crippen LogP contribution in [0.5, 0.6) is 0 Å². The average molecular weight is 368 g/mol. The van der Waals surface area contributed by atoms with E-state index in [1.165, 1.54) is 11.1 Å². The second-order valence-corrected chi connectivity index (χ2v) is 7.30. The highest BCUT2D eigenvalue weighted by molar-refractivity contribution is 9.10. The second-order valence-electron chi connectivity index (χ2n) is 6.39. The van der Waals surface area contributed by atoms with Crippen LogP contribution in [0.15, 0.2) is 59.1 Å². The molecule has 0 unspecified atom stereocenters. The van der Waals surface area contributed by atoms with Crippen LogP contribution in [-0.4, -0.2) is 5.78 Å². The molecule has 0 bridgehead atoms. The lowest BCUT2D eigenvalue weighted by molar-refractivity contribution is 0.101. The molecule has 0 fully saturated rings. The summed E-state index contributed by atoms with van der Waals surface area (Å²) in [5, 5.41) is 3.71. The fourth-order valence-electron chi connectivity index (χ4n) is 3.84. The molecule has 23 heavy (non-hydrogen) atoms. The standard InChI is InChI=1S/C20H18BrNO/c1-12(23)13-8-9-19-18(11-13)16-6-3-7-17(16)20(22-19)14-4-2-5-15(21)10-14/h2-6,8-11,16-17,20,22H,7H2,1H3/t16-,17-,20+/m1/s1. The summed E-state index contributed by atoms with van der Waals surface area (Å²) in [7, 11) is 0. The normalized spacial score (nSPS) is 24.7. The number of fused-ring (bicyclic) bond motifs is 3. The summed E-state index contributed by atoms with van der Waals surface area (Å²) < 4.78 is 1.11.